The van der Waals surface area contributed by atoms with Gasteiger partial charge in [0.15, 0.2) is 0 Å². The van der Waals surface area contributed by atoms with Crippen LogP contribution in [0, 0.1) is 6.92 Å². The zero-order valence-electron chi connectivity index (χ0n) is 12.6. The van der Waals surface area contributed by atoms with Gasteiger partial charge in [0.05, 0.1) is 17.7 Å². The number of piperidine rings is 1. The van der Waals surface area contributed by atoms with Gasteiger partial charge in [0.25, 0.3) is 0 Å². The molecule has 0 amide bonds. The Hall–Kier alpha value is -1.45. The highest BCUT2D eigenvalue weighted by Gasteiger charge is 2.40. The van der Waals surface area contributed by atoms with Crippen LogP contribution in [0.1, 0.15) is 30.4 Å². The summed E-state index contributed by atoms with van der Waals surface area (Å²) >= 11 is 0. The molecule has 0 aliphatic carbocycles. The fourth-order valence-electron chi connectivity index (χ4n) is 3.66. The first kappa shape index (κ1) is 13.2. The second-order valence-electron chi connectivity index (χ2n) is 6.50. The van der Waals surface area contributed by atoms with Crippen LogP contribution in [0.15, 0.2) is 30.5 Å². The van der Waals surface area contributed by atoms with Crippen molar-refractivity contribution in [3.8, 4) is 0 Å². The van der Waals surface area contributed by atoms with Crippen molar-refractivity contribution in [2.75, 3.05) is 19.7 Å². The van der Waals surface area contributed by atoms with E-state index in [1.54, 1.807) is 0 Å². The zero-order chi connectivity index (χ0) is 14.3. The monoisotopic (exact) mass is 282 g/mol. The summed E-state index contributed by atoms with van der Waals surface area (Å²) < 4.78 is 5.81. The lowest BCUT2D eigenvalue weighted by Crippen LogP contribution is -2.52. The number of pyridine rings is 1. The van der Waals surface area contributed by atoms with Crippen LogP contribution < -0.4 is 0 Å². The van der Waals surface area contributed by atoms with Crippen molar-refractivity contribution >= 4 is 10.9 Å². The van der Waals surface area contributed by atoms with E-state index in [4.69, 9.17) is 4.74 Å². The lowest BCUT2D eigenvalue weighted by molar-refractivity contribution is -0.173. The van der Waals surface area contributed by atoms with E-state index in [2.05, 4.69) is 35.0 Å². The second-order valence-corrected chi connectivity index (χ2v) is 6.50. The third-order valence-electron chi connectivity index (χ3n) is 5.19. The van der Waals surface area contributed by atoms with Gasteiger partial charge in [-0.05, 0) is 43.4 Å². The molecule has 3 heteroatoms. The Bertz CT molecular complexity index is 653. The minimum Gasteiger partial charge on any atom is -0.375 e. The van der Waals surface area contributed by atoms with E-state index >= 15 is 0 Å². The number of hydrogen-bond donors (Lipinski definition) is 0. The van der Waals surface area contributed by atoms with E-state index in [0.29, 0.717) is 0 Å². The zero-order valence-corrected chi connectivity index (χ0v) is 12.6. The van der Waals surface area contributed by atoms with Gasteiger partial charge in [-0.15, -0.1) is 0 Å². The number of likely N-dealkylation sites (tertiary alicyclic amines) is 1. The first-order chi connectivity index (χ1) is 10.3. The number of ether oxygens (including phenoxy) is 1. The molecular weight excluding hydrogens is 260 g/mol. The quantitative estimate of drug-likeness (QED) is 0.845. The average molecular weight is 282 g/mol. The Morgan fingerprint density at radius 1 is 1.19 bits per heavy atom. The second kappa shape index (κ2) is 5.08. The molecule has 0 radical (unpaired) electrons. The van der Waals surface area contributed by atoms with Crippen LogP contribution >= 0.6 is 0 Å². The molecule has 110 valence electrons. The standard InChI is InChI=1S/C18H22N2O/c1-14-4-5-15(16-3-2-9-19-17(14)16)13-20-10-6-18(7-11-20)8-12-21-18/h2-5,9H,6-8,10-13H2,1H3. The summed E-state index contributed by atoms with van der Waals surface area (Å²) in [6.45, 7) is 6.43. The Balaban J connectivity index is 1.54. The van der Waals surface area contributed by atoms with Crippen molar-refractivity contribution in [1.82, 2.24) is 9.88 Å². The van der Waals surface area contributed by atoms with E-state index in [0.717, 1.165) is 31.8 Å². The van der Waals surface area contributed by atoms with Crippen molar-refractivity contribution in [2.45, 2.75) is 38.3 Å². The first-order valence-corrected chi connectivity index (χ1v) is 7.95. The van der Waals surface area contributed by atoms with E-state index < -0.39 is 0 Å². The van der Waals surface area contributed by atoms with Gasteiger partial charge in [-0.3, -0.25) is 9.88 Å². The number of rotatable bonds is 2. The topological polar surface area (TPSA) is 25.4 Å². The molecule has 3 nitrogen and oxygen atoms in total. The molecule has 0 saturated carbocycles. The molecule has 2 fully saturated rings. The number of hydrogen-bond acceptors (Lipinski definition) is 3. The number of benzene rings is 1. The van der Waals surface area contributed by atoms with Gasteiger partial charge >= 0.3 is 0 Å². The van der Waals surface area contributed by atoms with Crippen LogP contribution in [-0.2, 0) is 11.3 Å². The summed E-state index contributed by atoms with van der Waals surface area (Å²) in [5.74, 6) is 0. The maximum Gasteiger partial charge on any atom is 0.0734 e. The highest BCUT2D eigenvalue weighted by atomic mass is 16.5. The molecule has 1 spiro atoms. The lowest BCUT2D eigenvalue weighted by atomic mass is 9.84. The minimum absolute atomic E-state index is 0.243. The van der Waals surface area contributed by atoms with Gasteiger partial charge in [0.2, 0.25) is 0 Å². The van der Waals surface area contributed by atoms with Gasteiger partial charge in [0, 0.05) is 31.2 Å². The number of nitrogens with zero attached hydrogens (tertiary/aromatic N) is 2. The number of aromatic nitrogens is 1. The Morgan fingerprint density at radius 2 is 2.00 bits per heavy atom. The summed E-state index contributed by atoms with van der Waals surface area (Å²) in [5.41, 5.74) is 4.04. The molecule has 2 aliphatic heterocycles. The first-order valence-electron chi connectivity index (χ1n) is 7.95. The normalized spacial score (nSPS) is 21.6. The molecule has 0 N–H and O–H groups in total. The van der Waals surface area contributed by atoms with Crippen LogP contribution in [0.4, 0.5) is 0 Å². The SMILES string of the molecule is Cc1ccc(CN2CCC3(CCO3)CC2)c2cccnc12. The molecular formula is C18H22N2O. The predicted molar refractivity (Wildman–Crippen MR) is 84.3 cm³/mol. The minimum atomic E-state index is 0.243. The van der Waals surface area contributed by atoms with E-state index in [1.165, 1.54) is 35.8 Å². The molecule has 0 unspecified atom stereocenters. The molecule has 2 aromatic rings. The van der Waals surface area contributed by atoms with Crippen LogP contribution in [0.3, 0.4) is 0 Å². The number of aryl methyl sites for hydroxylation is 1. The van der Waals surface area contributed by atoms with Crippen molar-refractivity contribution in [2.24, 2.45) is 0 Å². The summed E-state index contributed by atoms with van der Waals surface area (Å²) in [6, 6.07) is 8.71. The maximum atomic E-state index is 5.81. The smallest absolute Gasteiger partial charge is 0.0734 e. The molecule has 1 aromatic heterocycles. The number of fused-ring (bicyclic) bond motifs is 1. The molecule has 4 rings (SSSR count). The third-order valence-corrected chi connectivity index (χ3v) is 5.19. The Morgan fingerprint density at radius 3 is 2.71 bits per heavy atom. The molecule has 1 aromatic carbocycles. The van der Waals surface area contributed by atoms with Gasteiger partial charge < -0.3 is 4.74 Å². The van der Waals surface area contributed by atoms with Crippen molar-refractivity contribution < 1.29 is 4.74 Å². The van der Waals surface area contributed by atoms with Gasteiger partial charge in [0.1, 0.15) is 0 Å². The van der Waals surface area contributed by atoms with Crippen molar-refractivity contribution in [3.05, 3.63) is 41.6 Å². The van der Waals surface area contributed by atoms with Crippen LogP contribution in [0.5, 0.6) is 0 Å². The summed E-state index contributed by atoms with van der Waals surface area (Å²) in [6.07, 6.45) is 5.53. The molecule has 2 saturated heterocycles. The highest BCUT2D eigenvalue weighted by Crippen LogP contribution is 2.37. The van der Waals surface area contributed by atoms with E-state index in [9.17, 15) is 0 Å². The summed E-state index contributed by atoms with van der Waals surface area (Å²) in [7, 11) is 0. The highest BCUT2D eigenvalue weighted by molar-refractivity contribution is 5.84. The van der Waals surface area contributed by atoms with E-state index in [1.807, 2.05) is 12.3 Å². The molecule has 21 heavy (non-hydrogen) atoms. The average Bonchev–Trinajstić information content (AvgIpc) is 2.50. The fraction of sp³-hybridized carbons (Fsp3) is 0.500. The lowest BCUT2D eigenvalue weighted by Gasteiger charge is -2.47. The Kier molecular flexibility index (Phi) is 3.20. The van der Waals surface area contributed by atoms with Crippen molar-refractivity contribution in [1.29, 1.82) is 0 Å². The third kappa shape index (κ3) is 2.34. The van der Waals surface area contributed by atoms with Crippen LogP contribution in [0.25, 0.3) is 10.9 Å². The van der Waals surface area contributed by atoms with Crippen LogP contribution in [0.2, 0.25) is 0 Å². The largest absolute Gasteiger partial charge is 0.375 e. The maximum absolute atomic E-state index is 5.81. The van der Waals surface area contributed by atoms with E-state index in [-0.39, 0.29) is 5.60 Å². The molecule has 0 atom stereocenters. The van der Waals surface area contributed by atoms with Crippen molar-refractivity contribution in [3.63, 3.8) is 0 Å². The predicted octanol–water partition coefficient (Wildman–Crippen LogP) is 3.30. The molecule has 3 heterocycles. The van der Waals surface area contributed by atoms with Gasteiger partial charge in [-0.1, -0.05) is 18.2 Å². The van der Waals surface area contributed by atoms with Gasteiger partial charge in [-0.25, -0.2) is 0 Å². The molecule has 0 bridgehead atoms. The molecule has 2 aliphatic rings. The fourth-order valence-corrected chi connectivity index (χ4v) is 3.66. The summed E-state index contributed by atoms with van der Waals surface area (Å²) in [4.78, 5) is 7.10. The summed E-state index contributed by atoms with van der Waals surface area (Å²) in [5, 5.41) is 1.30. The van der Waals surface area contributed by atoms with Crippen LogP contribution in [-0.4, -0.2) is 35.2 Å². The van der Waals surface area contributed by atoms with Gasteiger partial charge in [-0.2, -0.15) is 0 Å². The Labute approximate surface area is 125 Å².